The lowest BCUT2D eigenvalue weighted by molar-refractivity contribution is 0.112. The molecule has 5 heteroatoms. The van der Waals surface area contributed by atoms with E-state index in [0.29, 0.717) is 6.29 Å². The molecule has 0 saturated carbocycles. The molecule has 1 unspecified atom stereocenters. The Labute approximate surface area is 90.3 Å². The van der Waals surface area contributed by atoms with Crippen LogP contribution in [0, 0.1) is 11.6 Å². The molecule has 0 saturated heterocycles. The summed E-state index contributed by atoms with van der Waals surface area (Å²) >= 11 is 0.900. The van der Waals surface area contributed by atoms with Crippen LogP contribution in [0.15, 0.2) is 17.0 Å². The van der Waals surface area contributed by atoms with Gasteiger partial charge in [-0.2, -0.15) is 0 Å². The van der Waals surface area contributed by atoms with Crippen molar-refractivity contribution in [3.05, 3.63) is 29.3 Å². The minimum Gasteiger partial charge on any atom is -0.395 e. The van der Waals surface area contributed by atoms with Crippen LogP contribution in [0.2, 0.25) is 0 Å². The van der Waals surface area contributed by atoms with Gasteiger partial charge in [0.05, 0.1) is 11.5 Å². The van der Waals surface area contributed by atoms with Crippen molar-refractivity contribution in [2.75, 3.05) is 6.61 Å². The predicted octanol–water partition coefficient (Wildman–Crippen LogP) is 2.25. The molecule has 1 aromatic rings. The molecule has 0 radical (unpaired) electrons. The fourth-order valence-corrected chi connectivity index (χ4v) is 1.82. The van der Waals surface area contributed by atoms with E-state index in [1.807, 2.05) is 0 Å². The molecule has 0 heterocycles. The zero-order valence-electron chi connectivity index (χ0n) is 8.04. The monoisotopic (exact) mass is 232 g/mol. The first-order valence-electron chi connectivity index (χ1n) is 4.30. The standard InChI is InChI=1S/C10H10F2O2S/c1-6(4-13)15-10-8(11)2-7(5-14)3-9(10)12/h2-3,5-6,13H,4H2,1H3. The lowest BCUT2D eigenvalue weighted by atomic mass is 10.2. The minimum absolute atomic E-state index is 0.0361. The summed E-state index contributed by atoms with van der Waals surface area (Å²) in [5.41, 5.74) is -0.0361. The summed E-state index contributed by atoms with van der Waals surface area (Å²) in [7, 11) is 0. The summed E-state index contributed by atoms with van der Waals surface area (Å²) in [5, 5.41) is 8.46. The Kier molecular flexibility index (Phi) is 4.23. The van der Waals surface area contributed by atoms with Crippen molar-refractivity contribution in [1.82, 2.24) is 0 Å². The fourth-order valence-electron chi connectivity index (χ4n) is 0.999. The molecule has 0 spiro atoms. The molecule has 1 N–H and O–H groups in total. The average Bonchev–Trinajstić information content (AvgIpc) is 2.22. The molecule has 0 aliphatic rings. The van der Waals surface area contributed by atoms with E-state index in [-0.39, 0.29) is 22.3 Å². The number of carbonyl (C=O) groups excluding carboxylic acids is 1. The number of aliphatic hydroxyl groups is 1. The summed E-state index contributed by atoms with van der Waals surface area (Å²) in [5.74, 6) is -1.55. The smallest absolute Gasteiger partial charge is 0.150 e. The number of carbonyl (C=O) groups is 1. The summed E-state index contributed by atoms with van der Waals surface area (Å²) in [6.45, 7) is 1.48. The number of hydrogen-bond acceptors (Lipinski definition) is 3. The first-order valence-corrected chi connectivity index (χ1v) is 5.18. The summed E-state index contributed by atoms with van der Waals surface area (Å²) in [6, 6.07) is 1.95. The Bertz CT molecular complexity index is 345. The van der Waals surface area contributed by atoms with Crippen LogP contribution in [0.1, 0.15) is 17.3 Å². The second-order valence-electron chi connectivity index (χ2n) is 3.04. The van der Waals surface area contributed by atoms with Gasteiger partial charge in [-0.3, -0.25) is 4.79 Å². The van der Waals surface area contributed by atoms with Crippen molar-refractivity contribution in [2.45, 2.75) is 17.1 Å². The van der Waals surface area contributed by atoms with Crippen molar-refractivity contribution in [1.29, 1.82) is 0 Å². The number of benzene rings is 1. The van der Waals surface area contributed by atoms with Gasteiger partial charge in [-0.05, 0) is 12.1 Å². The molecule has 0 aliphatic heterocycles. The maximum Gasteiger partial charge on any atom is 0.150 e. The fraction of sp³-hybridized carbons (Fsp3) is 0.300. The highest BCUT2D eigenvalue weighted by Crippen LogP contribution is 2.29. The van der Waals surface area contributed by atoms with Crippen molar-refractivity contribution < 1.29 is 18.7 Å². The number of hydrogen-bond donors (Lipinski definition) is 1. The van der Waals surface area contributed by atoms with E-state index < -0.39 is 11.6 Å². The van der Waals surface area contributed by atoms with Crippen LogP contribution in [-0.2, 0) is 0 Å². The van der Waals surface area contributed by atoms with Gasteiger partial charge >= 0.3 is 0 Å². The van der Waals surface area contributed by atoms with Gasteiger partial charge < -0.3 is 5.11 Å². The molecule has 0 aromatic heterocycles. The highest BCUT2D eigenvalue weighted by molar-refractivity contribution is 8.00. The SMILES string of the molecule is CC(CO)Sc1c(F)cc(C=O)cc1F. The Hall–Kier alpha value is -0.940. The third-order valence-corrected chi connectivity index (χ3v) is 2.91. The zero-order chi connectivity index (χ0) is 11.4. The first kappa shape index (κ1) is 12.1. The lowest BCUT2D eigenvalue weighted by Crippen LogP contribution is -2.04. The number of rotatable bonds is 4. The van der Waals surface area contributed by atoms with E-state index in [1.54, 1.807) is 6.92 Å². The van der Waals surface area contributed by atoms with E-state index >= 15 is 0 Å². The molecule has 0 fully saturated rings. The first-order chi connectivity index (χ1) is 7.08. The van der Waals surface area contributed by atoms with E-state index in [0.717, 1.165) is 23.9 Å². The highest BCUT2D eigenvalue weighted by atomic mass is 32.2. The summed E-state index contributed by atoms with van der Waals surface area (Å²) < 4.78 is 26.6. The van der Waals surface area contributed by atoms with E-state index in [2.05, 4.69) is 0 Å². The Balaban J connectivity index is 3.02. The van der Waals surface area contributed by atoms with Gasteiger partial charge in [0, 0.05) is 10.8 Å². The molecule has 1 atom stereocenters. The Morgan fingerprint density at radius 2 is 2.00 bits per heavy atom. The van der Waals surface area contributed by atoms with Gasteiger partial charge in [-0.25, -0.2) is 8.78 Å². The summed E-state index contributed by atoms with van der Waals surface area (Å²) in [6.07, 6.45) is 0.385. The average molecular weight is 232 g/mol. The van der Waals surface area contributed by atoms with Gasteiger partial charge in [-0.1, -0.05) is 6.92 Å². The number of aldehydes is 1. The van der Waals surface area contributed by atoms with Crippen LogP contribution in [0.3, 0.4) is 0 Å². The number of thioether (sulfide) groups is 1. The molecule has 1 rings (SSSR count). The van der Waals surface area contributed by atoms with Crippen LogP contribution in [0.25, 0.3) is 0 Å². The predicted molar refractivity (Wildman–Crippen MR) is 54.2 cm³/mol. The van der Waals surface area contributed by atoms with Gasteiger partial charge in [0.15, 0.2) is 0 Å². The molecule has 0 amide bonds. The minimum atomic E-state index is -0.776. The lowest BCUT2D eigenvalue weighted by Gasteiger charge is -2.09. The molecular weight excluding hydrogens is 222 g/mol. The second-order valence-corrected chi connectivity index (χ2v) is 4.49. The molecule has 0 bridgehead atoms. The van der Waals surface area contributed by atoms with Crippen molar-refractivity contribution >= 4 is 18.0 Å². The van der Waals surface area contributed by atoms with Gasteiger partial charge in [-0.15, -0.1) is 11.8 Å². The van der Waals surface area contributed by atoms with Crippen LogP contribution < -0.4 is 0 Å². The van der Waals surface area contributed by atoms with Gasteiger partial charge in [0.25, 0.3) is 0 Å². The number of aliphatic hydroxyl groups excluding tert-OH is 1. The van der Waals surface area contributed by atoms with Crippen molar-refractivity contribution in [3.63, 3.8) is 0 Å². The van der Waals surface area contributed by atoms with Gasteiger partial charge in [0.1, 0.15) is 17.9 Å². The normalized spacial score (nSPS) is 12.5. The van der Waals surface area contributed by atoms with E-state index in [9.17, 15) is 13.6 Å². The molecule has 82 valence electrons. The topological polar surface area (TPSA) is 37.3 Å². The largest absolute Gasteiger partial charge is 0.395 e. The van der Waals surface area contributed by atoms with Crippen LogP contribution >= 0.6 is 11.8 Å². The van der Waals surface area contributed by atoms with Crippen LogP contribution in [0.4, 0.5) is 8.78 Å². The zero-order valence-corrected chi connectivity index (χ0v) is 8.85. The third kappa shape index (κ3) is 3.00. The molecule has 0 aliphatic carbocycles. The summed E-state index contributed by atoms with van der Waals surface area (Å²) in [4.78, 5) is 10.2. The van der Waals surface area contributed by atoms with E-state index in [4.69, 9.17) is 5.11 Å². The number of halogens is 2. The molecule has 1 aromatic carbocycles. The molecule has 15 heavy (non-hydrogen) atoms. The third-order valence-electron chi connectivity index (χ3n) is 1.73. The highest BCUT2D eigenvalue weighted by Gasteiger charge is 2.14. The molecular formula is C10H10F2O2S. The molecule has 2 nitrogen and oxygen atoms in total. The van der Waals surface area contributed by atoms with Crippen molar-refractivity contribution in [2.24, 2.45) is 0 Å². The quantitative estimate of drug-likeness (QED) is 0.639. The van der Waals surface area contributed by atoms with Gasteiger partial charge in [0.2, 0.25) is 0 Å². The van der Waals surface area contributed by atoms with Crippen LogP contribution in [0.5, 0.6) is 0 Å². The maximum atomic E-state index is 13.3. The Morgan fingerprint density at radius 3 is 2.40 bits per heavy atom. The second kappa shape index (κ2) is 5.23. The maximum absolute atomic E-state index is 13.3. The Morgan fingerprint density at radius 1 is 1.47 bits per heavy atom. The van der Waals surface area contributed by atoms with Crippen LogP contribution in [-0.4, -0.2) is 23.2 Å². The van der Waals surface area contributed by atoms with E-state index in [1.165, 1.54) is 0 Å². The van der Waals surface area contributed by atoms with Crippen molar-refractivity contribution in [3.8, 4) is 0 Å².